The van der Waals surface area contributed by atoms with Gasteiger partial charge in [-0.3, -0.25) is 4.79 Å². The molecule has 0 bridgehead atoms. The van der Waals surface area contributed by atoms with Crippen LogP contribution in [0.5, 0.6) is 5.75 Å². The Bertz CT molecular complexity index is 482. The minimum Gasteiger partial charge on any atom is -0.496 e. The van der Waals surface area contributed by atoms with Crippen LogP contribution < -0.4 is 10.1 Å². The van der Waals surface area contributed by atoms with Crippen LogP contribution in [-0.2, 0) is 4.79 Å². The fourth-order valence-electron chi connectivity index (χ4n) is 3.21. The molecule has 0 radical (unpaired) electrons. The van der Waals surface area contributed by atoms with Gasteiger partial charge in [0.15, 0.2) is 0 Å². The Morgan fingerprint density at radius 3 is 2.70 bits per heavy atom. The number of benzene rings is 1. The lowest BCUT2D eigenvalue weighted by Crippen LogP contribution is -2.26. The molecule has 0 saturated heterocycles. The molecule has 3 nitrogen and oxygen atoms in total. The fourth-order valence-corrected chi connectivity index (χ4v) is 3.21. The highest BCUT2D eigenvalue weighted by Crippen LogP contribution is 2.65. The van der Waals surface area contributed by atoms with Crippen molar-refractivity contribution in [3.05, 3.63) is 29.8 Å². The smallest absolute Gasteiger partial charge is 0.219 e. The summed E-state index contributed by atoms with van der Waals surface area (Å²) in [6.07, 6.45) is 1.52. The molecule has 1 aliphatic carbocycles. The van der Waals surface area contributed by atoms with E-state index in [-0.39, 0.29) is 11.3 Å². The van der Waals surface area contributed by atoms with E-state index in [9.17, 15) is 4.79 Å². The van der Waals surface area contributed by atoms with Crippen molar-refractivity contribution in [1.29, 1.82) is 0 Å². The number of hydrogen-bond donors (Lipinski definition) is 1. The molecule has 1 saturated carbocycles. The Kier molecular flexibility index (Phi) is 4.36. The minimum absolute atomic E-state index is 0.161. The quantitative estimate of drug-likeness (QED) is 0.864. The van der Waals surface area contributed by atoms with Gasteiger partial charge < -0.3 is 10.1 Å². The van der Waals surface area contributed by atoms with Crippen LogP contribution in [0, 0.1) is 11.3 Å². The maximum atomic E-state index is 11.6. The average Bonchev–Trinajstić information content (AvgIpc) is 2.98. The zero-order valence-corrected chi connectivity index (χ0v) is 12.9. The second-order valence-electron chi connectivity index (χ2n) is 6.20. The molecule has 1 fully saturated rings. The number of amides is 1. The van der Waals surface area contributed by atoms with Crippen molar-refractivity contribution < 1.29 is 9.53 Å². The standard InChI is InChI=1S/C17H25NO2/c1-5-8-15(19)18-11-13-16(17(13,2)3)12-9-6-7-10-14(12)20-4/h6-7,9-10,13,16H,5,8,11H2,1-4H3,(H,18,19)/t13-,16-/m0/s1. The van der Waals surface area contributed by atoms with E-state index in [0.29, 0.717) is 18.3 Å². The summed E-state index contributed by atoms with van der Waals surface area (Å²) in [6, 6.07) is 8.20. The lowest BCUT2D eigenvalue weighted by Gasteiger charge is -2.09. The summed E-state index contributed by atoms with van der Waals surface area (Å²) in [5, 5.41) is 3.06. The van der Waals surface area contributed by atoms with Gasteiger partial charge in [-0.25, -0.2) is 0 Å². The molecule has 0 aromatic heterocycles. The van der Waals surface area contributed by atoms with Crippen LogP contribution in [0.4, 0.5) is 0 Å². The minimum atomic E-state index is 0.161. The zero-order valence-electron chi connectivity index (χ0n) is 12.9. The van der Waals surface area contributed by atoms with Crippen LogP contribution in [0.1, 0.15) is 45.1 Å². The molecule has 3 heteroatoms. The lowest BCUT2D eigenvalue weighted by molar-refractivity contribution is -0.121. The molecular weight excluding hydrogens is 250 g/mol. The van der Waals surface area contributed by atoms with Crippen molar-refractivity contribution in [3.8, 4) is 5.75 Å². The Hall–Kier alpha value is -1.51. The van der Waals surface area contributed by atoms with Gasteiger partial charge in [0, 0.05) is 13.0 Å². The van der Waals surface area contributed by atoms with Gasteiger partial charge in [-0.05, 0) is 35.3 Å². The van der Waals surface area contributed by atoms with Crippen LogP contribution >= 0.6 is 0 Å². The summed E-state index contributed by atoms with van der Waals surface area (Å²) in [5.74, 6) is 2.06. The summed E-state index contributed by atoms with van der Waals surface area (Å²) in [7, 11) is 1.71. The van der Waals surface area contributed by atoms with Crippen molar-refractivity contribution >= 4 is 5.91 Å². The van der Waals surface area contributed by atoms with Gasteiger partial charge in [0.1, 0.15) is 5.75 Å². The number of para-hydroxylation sites is 1. The van der Waals surface area contributed by atoms with Crippen molar-refractivity contribution in [2.45, 2.75) is 39.5 Å². The van der Waals surface area contributed by atoms with Gasteiger partial charge in [-0.1, -0.05) is 39.0 Å². The van der Waals surface area contributed by atoms with Gasteiger partial charge in [0.25, 0.3) is 0 Å². The topological polar surface area (TPSA) is 38.3 Å². The predicted molar refractivity (Wildman–Crippen MR) is 80.9 cm³/mol. The maximum Gasteiger partial charge on any atom is 0.219 e. The van der Waals surface area contributed by atoms with Crippen molar-refractivity contribution in [1.82, 2.24) is 5.32 Å². The Morgan fingerprint density at radius 1 is 1.35 bits per heavy atom. The number of methoxy groups -OCH3 is 1. The van der Waals surface area contributed by atoms with E-state index in [0.717, 1.165) is 18.7 Å². The monoisotopic (exact) mass is 275 g/mol. The molecule has 2 atom stereocenters. The molecule has 1 amide bonds. The SMILES string of the molecule is CCCC(=O)NC[C@H]1[C@H](c2ccccc2OC)C1(C)C. The second kappa shape index (κ2) is 5.86. The van der Waals surface area contributed by atoms with E-state index in [1.54, 1.807) is 7.11 Å². The van der Waals surface area contributed by atoms with Crippen LogP contribution in [-0.4, -0.2) is 19.6 Å². The average molecular weight is 275 g/mol. The molecule has 1 aliphatic rings. The maximum absolute atomic E-state index is 11.6. The van der Waals surface area contributed by atoms with Gasteiger partial charge in [-0.15, -0.1) is 0 Å². The zero-order chi connectivity index (χ0) is 14.8. The highest BCUT2D eigenvalue weighted by molar-refractivity contribution is 5.75. The van der Waals surface area contributed by atoms with E-state index < -0.39 is 0 Å². The molecular formula is C17H25NO2. The molecule has 110 valence electrons. The Morgan fingerprint density at radius 2 is 2.05 bits per heavy atom. The third-order valence-electron chi connectivity index (χ3n) is 4.52. The molecule has 20 heavy (non-hydrogen) atoms. The Balaban J connectivity index is 2.04. The molecule has 1 aromatic rings. The van der Waals surface area contributed by atoms with Crippen LogP contribution in [0.25, 0.3) is 0 Å². The molecule has 2 rings (SSSR count). The summed E-state index contributed by atoms with van der Waals surface area (Å²) >= 11 is 0. The van der Waals surface area contributed by atoms with Gasteiger partial charge >= 0.3 is 0 Å². The number of nitrogens with one attached hydrogen (secondary N) is 1. The van der Waals surface area contributed by atoms with Gasteiger partial charge in [0.05, 0.1) is 7.11 Å². The van der Waals surface area contributed by atoms with Crippen molar-refractivity contribution in [3.63, 3.8) is 0 Å². The predicted octanol–water partition coefficient (Wildman–Crippen LogP) is 3.35. The van der Waals surface area contributed by atoms with E-state index in [4.69, 9.17) is 4.74 Å². The summed E-state index contributed by atoms with van der Waals surface area (Å²) < 4.78 is 5.47. The highest BCUT2D eigenvalue weighted by Gasteiger charge is 2.58. The third kappa shape index (κ3) is 2.82. The molecule has 0 spiro atoms. The highest BCUT2D eigenvalue weighted by atomic mass is 16.5. The molecule has 0 heterocycles. The molecule has 1 N–H and O–H groups in total. The van der Waals surface area contributed by atoms with Crippen LogP contribution in [0.2, 0.25) is 0 Å². The third-order valence-corrected chi connectivity index (χ3v) is 4.52. The number of ether oxygens (including phenoxy) is 1. The van der Waals surface area contributed by atoms with Crippen LogP contribution in [0.3, 0.4) is 0 Å². The second-order valence-corrected chi connectivity index (χ2v) is 6.20. The number of rotatable bonds is 6. The fraction of sp³-hybridized carbons (Fsp3) is 0.588. The number of carbonyl (C=O) groups is 1. The first-order chi connectivity index (χ1) is 9.52. The van der Waals surface area contributed by atoms with Crippen molar-refractivity contribution in [2.24, 2.45) is 11.3 Å². The normalized spacial score (nSPS) is 23.2. The number of hydrogen-bond acceptors (Lipinski definition) is 2. The summed E-state index contributed by atoms with van der Waals surface area (Å²) in [4.78, 5) is 11.6. The summed E-state index contributed by atoms with van der Waals surface area (Å²) in [6.45, 7) is 7.31. The molecule has 0 unspecified atom stereocenters. The summed E-state index contributed by atoms with van der Waals surface area (Å²) in [5.41, 5.74) is 1.48. The lowest BCUT2D eigenvalue weighted by atomic mass is 10.0. The Labute approximate surface area is 121 Å². The first-order valence-electron chi connectivity index (χ1n) is 7.42. The van der Waals surface area contributed by atoms with Crippen LogP contribution in [0.15, 0.2) is 24.3 Å². The van der Waals surface area contributed by atoms with E-state index in [2.05, 4.69) is 31.3 Å². The largest absolute Gasteiger partial charge is 0.496 e. The van der Waals surface area contributed by atoms with E-state index in [1.165, 1.54) is 5.56 Å². The molecule has 0 aliphatic heterocycles. The number of carbonyl (C=O) groups excluding carboxylic acids is 1. The first kappa shape index (κ1) is 14.9. The van der Waals surface area contributed by atoms with E-state index >= 15 is 0 Å². The van der Waals surface area contributed by atoms with Crippen molar-refractivity contribution in [2.75, 3.05) is 13.7 Å². The van der Waals surface area contributed by atoms with Gasteiger partial charge in [-0.2, -0.15) is 0 Å². The molecule has 1 aromatic carbocycles. The van der Waals surface area contributed by atoms with E-state index in [1.807, 2.05) is 19.1 Å². The van der Waals surface area contributed by atoms with Gasteiger partial charge in [0.2, 0.25) is 5.91 Å². The first-order valence-corrected chi connectivity index (χ1v) is 7.42.